The Bertz CT molecular complexity index is 1230. The molecule has 0 fully saturated rings. The predicted molar refractivity (Wildman–Crippen MR) is 117 cm³/mol. The number of benzene rings is 3. The Morgan fingerprint density at radius 3 is 2.37 bits per heavy atom. The van der Waals surface area contributed by atoms with Gasteiger partial charge in [0.15, 0.2) is 6.10 Å². The molecule has 0 radical (unpaired) electrons. The first-order valence-corrected chi connectivity index (χ1v) is 10.2. The van der Waals surface area contributed by atoms with Crippen LogP contribution in [0, 0.1) is 0 Å². The van der Waals surface area contributed by atoms with Gasteiger partial charge in [0.2, 0.25) is 0 Å². The molecule has 0 saturated heterocycles. The molecule has 3 aromatic rings. The molecule has 0 saturated carbocycles. The standard InChI is InChI=1S/C27H20O3/c1-6-12-23-18(7-1)13-14-29-26(23)25-22-11-5-3-9-20(22)16-30-27(25)24-17-28-15-19-8-2-4-10-21(19)24/h1-14,17,26H,15-16H2. The number of hydrogen-bond acceptors (Lipinski definition) is 3. The zero-order chi connectivity index (χ0) is 19.9. The van der Waals surface area contributed by atoms with Crippen LogP contribution in [0.25, 0.3) is 17.2 Å². The first kappa shape index (κ1) is 17.2. The monoisotopic (exact) mass is 392 g/mol. The van der Waals surface area contributed by atoms with Gasteiger partial charge in [-0.2, -0.15) is 0 Å². The highest BCUT2D eigenvalue weighted by Gasteiger charge is 2.34. The van der Waals surface area contributed by atoms with Crippen LogP contribution < -0.4 is 0 Å². The van der Waals surface area contributed by atoms with Gasteiger partial charge in [-0.05, 0) is 33.9 Å². The summed E-state index contributed by atoms with van der Waals surface area (Å²) in [6.07, 6.45) is 5.38. The normalized spacial score (nSPS) is 18.8. The van der Waals surface area contributed by atoms with Gasteiger partial charge in [-0.3, -0.25) is 0 Å². The fourth-order valence-electron chi connectivity index (χ4n) is 4.49. The SMILES string of the molecule is C1=Cc2ccccc2C(C2=C(C3=COCc4ccccc43)OCc3ccccc32)O1. The van der Waals surface area contributed by atoms with Gasteiger partial charge < -0.3 is 14.2 Å². The Balaban J connectivity index is 1.61. The van der Waals surface area contributed by atoms with Crippen molar-refractivity contribution in [1.82, 2.24) is 0 Å². The van der Waals surface area contributed by atoms with Gasteiger partial charge in [-0.1, -0.05) is 72.8 Å². The average Bonchev–Trinajstić information content (AvgIpc) is 2.83. The van der Waals surface area contributed by atoms with Gasteiger partial charge in [0, 0.05) is 11.1 Å². The summed E-state index contributed by atoms with van der Waals surface area (Å²) in [7, 11) is 0. The van der Waals surface area contributed by atoms with Crippen LogP contribution in [-0.2, 0) is 27.4 Å². The van der Waals surface area contributed by atoms with Crippen molar-refractivity contribution in [3.8, 4) is 0 Å². The highest BCUT2D eigenvalue weighted by Crippen LogP contribution is 2.47. The van der Waals surface area contributed by atoms with Gasteiger partial charge in [-0.25, -0.2) is 0 Å². The molecule has 0 aliphatic carbocycles. The van der Waals surface area contributed by atoms with E-state index in [1.54, 1.807) is 6.26 Å². The Morgan fingerprint density at radius 2 is 1.47 bits per heavy atom. The largest absolute Gasteiger partial charge is 0.496 e. The summed E-state index contributed by atoms with van der Waals surface area (Å²) in [5.41, 5.74) is 8.95. The van der Waals surface area contributed by atoms with Crippen LogP contribution in [-0.4, -0.2) is 0 Å². The molecule has 146 valence electrons. The second kappa shape index (κ2) is 6.96. The second-order valence-corrected chi connectivity index (χ2v) is 7.64. The molecule has 1 unspecified atom stereocenters. The third kappa shape index (κ3) is 2.66. The topological polar surface area (TPSA) is 27.7 Å². The number of hydrogen-bond donors (Lipinski definition) is 0. The molecule has 3 nitrogen and oxygen atoms in total. The van der Waals surface area contributed by atoms with E-state index in [2.05, 4.69) is 66.7 Å². The van der Waals surface area contributed by atoms with E-state index in [9.17, 15) is 0 Å². The van der Waals surface area contributed by atoms with Crippen LogP contribution in [0.5, 0.6) is 0 Å². The lowest BCUT2D eigenvalue weighted by molar-refractivity contribution is 0.171. The minimum absolute atomic E-state index is 0.252. The van der Waals surface area contributed by atoms with E-state index >= 15 is 0 Å². The summed E-state index contributed by atoms with van der Waals surface area (Å²) >= 11 is 0. The van der Waals surface area contributed by atoms with Gasteiger partial charge >= 0.3 is 0 Å². The Kier molecular flexibility index (Phi) is 3.98. The quantitative estimate of drug-likeness (QED) is 0.516. The lowest BCUT2D eigenvalue weighted by Crippen LogP contribution is -2.18. The third-order valence-corrected chi connectivity index (χ3v) is 5.92. The minimum Gasteiger partial charge on any atom is -0.496 e. The number of allylic oxidation sites excluding steroid dienone is 1. The summed E-state index contributed by atoms with van der Waals surface area (Å²) in [5, 5.41) is 0. The second-order valence-electron chi connectivity index (χ2n) is 7.64. The highest BCUT2D eigenvalue weighted by molar-refractivity contribution is 5.91. The molecule has 6 rings (SSSR count). The minimum atomic E-state index is -0.252. The van der Waals surface area contributed by atoms with Crippen molar-refractivity contribution >= 4 is 17.2 Å². The van der Waals surface area contributed by atoms with E-state index in [0.717, 1.165) is 50.3 Å². The first-order chi connectivity index (χ1) is 14.9. The van der Waals surface area contributed by atoms with Crippen LogP contribution >= 0.6 is 0 Å². The van der Waals surface area contributed by atoms with Gasteiger partial charge in [0.05, 0.1) is 18.1 Å². The molecule has 3 aliphatic heterocycles. The maximum atomic E-state index is 6.41. The fourth-order valence-corrected chi connectivity index (χ4v) is 4.49. The Labute approximate surface area is 175 Å². The summed E-state index contributed by atoms with van der Waals surface area (Å²) in [6.45, 7) is 1.10. The lowest BCUT2D eigenvalue weighted by Gasteiger charge is -2.33. The smallest absolute Gasteiger partial charge is 0.153 e. The van der Waals surface area contributed by atoms with Crippen molar-refractivity contribution in [2.75, 3.05) is 0 Å². The molecular weight excluding hydrogens is 372 g/mol. The molecule has 30 heavy (non-hydrogen) atoms. The summed E-state index contributed by atoms with van der Waals surface area (Å²) in [6, 6.07) is 25.1. The van der Waals surface area contributed by atoms with Crippen LogP contribution in [0.15, 0.2) is 91.1 Å². The van der Waals surface area contributed by atoms with E-state index in [1.807, 2.05) is 18.4 Å². The summed E-state index contributed by atoms with van der Waals surface area (Å²) < 4.78 is 18.5. The number of ether oxygens (including phenoxy) is 3. The molecular formula is C27H20O3. The molecule has 3 aliphatic rings. The van der Waals surface area contributed by atoms with Crippen molar-refractivity contribution in [2.24, 2.45) is 0 Å². The molecule has 0 bridgehead atoms. The van der Waals surface area contributed by atoms with E-state index < -0.39 is 0 Å². The molecule has 1 atom stereocenters. The molecule has 3 heteroatoms. The van der Waals surface area contributed by atoms with Crippen LogP contribution in [0.2, 0.25) is 0 Å². The van der Waals surface area contributed by atoms with Crippen molar-refractivity contribution in [3.63, 3.8) is 0 Å². The Hall–Kier alpha value is -3.72. The van der Waals surface area contributed by atoms with Gasteiger partial charge in [0.1, 0.15) is 19.0 Å². The van der Waals surface area contributed by atoms with Gasteiger partial charge in [0.25, 0.3) is 0 Å². The van der Waals surface area contributed by atoms with Gasteiger partial charge in [-0.15, -0.1) is 0 Å². The zero-order valence-electron chi connectivity index (χ0n) is 16.4. The highest BCUT2D eigenvalue weighted by atomic mass is 16.5. The maximum Gasteiger partial charge on any atom is 0.153 e. The molecule has 0 aromatic heterocycles. The fraction of sp³-hybridized carbons (Fsp3) is 0.111. The predicted octanol–water partition coefficient (Wildman–Crippen LogP) is 6.24. The van der Waals surface area contributed by atoms with E-state index in [1.165, 1.54) is 0 Å². The van der Waals surface area contributed by atoms with Crippen molar-refractivity contribution in [3.05, 3.63) is 124 Å². The van der Waals surface area contributed by atoms with Crippen molar-refractivity contribution in [2.45, 2.75) is 19.3 Å². The zero-order valence-corrected chi connectivity index (χ0v) is 16.4. The summed E-state index contributed by atoms with van der Waals surface area (Å²) in [5.74, 6) is 0.830. The molecule has 0 amide bonds. The van der Waals surface area contributed by atoms with E-state index in [-0.39, 0.29) is 6.10 Å². The van der Waals surface area contributed by atoms with Crippen LogP contribution in [0.4, 0.5) is 0 Å². The number of rotatable bonds is 2. The van der Waals surface area contributed by atoms with Crippen LogP contribution in [0.3, 0.4) is 0 Å². The molecule has 3 aromatic carbocycles. The van der Waals surface area contributed by atoms with E-state index in [4.69, 9.17) is 14.2 Å². The Morgan fingerprint density at radius 1 is 0.733 bits per heavy atom. The first-order valence-electron chi connectivity index (χ1n) is 10.2. The average molecular weight is 392 g/mol. The molecule has 0 N–H and O–H groups in total. The lowest BCUT2D eigenvalue weighted by atomic mass is 9.84. The van der Waals surface area contributed by atoms with Crippen molar-refractivity contribution in [1.29, 1.82) is 0 Å². The molecule has 3 heterocycles. The molecule has 0 spiro atoms. The maximum absolute atomic E-state index is 6.41. The van der Waals surface area contributed by atoms with E-state index in [0.29, 0.717) is 13.2 Å². The number of fused-ring (bicyclic) bond motifs is 3. The third-order valence-electron chi connectivity index (χ3n) is 5.92. The van der Waals surface area contributed by atoms with Crippen molar-refractivity contribution < 1.29 is 14.2 Å². The van der Waals surface area contributed by atoms with Crippen LogP contribution in [0.1, 0.15) is 39.5 Å². The summed E-state index contributed by atoms with van der Waals surface area (Å²) in [4.78, 5) is 0.